The van der Waals surface area contributed by atoms with E-state index in [1.54, 1.807) is 0 Å². The Morgan fingerprint density at radius 2 is 1.53 bits per heavy atom. The number of ketones is 2. The van der Waals surface area contributed by atoms with Gasteiger partial charge in [0.25, 0.3) is 0 Å². The van der Waals surface area contributed by atoms with Gasteiger partial charge in [-0.15, -0.1) is 0 Å². The second-order valence-electron chi connectivity index (χ2n) is 6.83. The van der Waals surface area contributed by atoms with E-state index >= 15 is 0 Å². The number of rotatable bonds is 3. The summed E-state index contributed by atoms with van der Waals surface area (Å²) in [6.45, 7) is -0.651. The Labute approximate surface area is 213 Å². The van der Waals surface area contributed by atoms with Gasteiger partial charge >= 0.3 is 51.4 Å². The molecule has 2 aromatic rings. The van der Waals surface area contributed by atoms with E-state index in [1.165, 1.54) is 36.4 Å². The first-order chi connectivity index (χ1) is 13.8. The van der Waals surface area contributed by atoms with Crippen LogP contribution in [-0.4, -0.2) is 69.3 Å². The zero-order chi connectivity index (χ0) is 20.9. The Hall–Kier alpha value is -1.18. The first-order valence-corrected chi connectivity index (χ1v) is 8.84. The van der Waals surface area contributed by atoms with Gasteiger partial charge in [-0.3, -0.25) is 9.59 Å². The summed E-state index contributed by atoms with van der Waals surface area (Å²) in [6, 6.07) is 8.18. The average Bonchev–Trinajstić information content (AvgIpc) is 2.72. The topological polar surface area (TPSA) is 157 Å². The molecule has 1 heterocycles. The molecule has 1 fully saturated rings. The van der Waals surface area contributed by atoms with Crippen LogP contribution in [-0.2, 0) is 4.74 Å². The van der Waals surface area contributed by atoms with Crippen molar-refractivity contribution < 1.29 is 96.0 Å². The zero-order valence-corrected chi connectivity index (χ0v) is 19.0. The summed E-state index contributed by atoms with van der Waals surface area (Å²) in [4.78, 5) is 25.8. The number of hydrogen-bond acceptors (Lipinski definition) is 9. The van der Waals surface area contributed by atoms with Gasteiger partial charge in [-0.25, -0.2) is 0 Å². The van der Waals surface area contributed by atoms with Gasteiger partial charge in [0.2, 0.25) is 6.29 Å². The maximum absolute atomic E-state index is 13.0. The standard InChI is InChI=1S/C20H18O9.K/c21-7-12-16(24)18(26)19(27)20(29-12)28-11-6-2-4-9-14(11)17(25)13-8(15(9)23)3-1-5-10(13)22;/h1-6,12,16,18-22,24,26-27H,7H2;/q;+1/p-1. The van der Waals surface area contributed by atoms with Gasteiger partial charge in [0, 0.05) is 16.7 Å². The molecule has 9 nitrogen and oxygen atoms in total. The molecule has 0 saturated carbocycles. The quantitative estimate of drug-likeness (QED) is 0.296. The van der Waals surface area contributed by atoms with E-state index in [-0.39, 0.29) is 79.4 Å². The van der Waals surface area contributed by atoms with E-state index in [0.29, 0.717) is 0 Å². The summed E-state index contributed by atoms with van der Waals surface area (Å²) < 4.78 is 10.9. The largest absolute Gasteiger partial charge is 1.00 e. The van der Waals surface area contributed by atoms with E-state index in [9.17, 15) is 35.1 Å². The van der Waals surface area contributed by atoms with Gasteiger partial charge in [0.1, 0.15) is 30.2 Å². The number of hydrogen-bond donors (Lipinski definition) is 4. The second-order valence-corrected chi connectivity index (χ2v) is 6.83. The predicted molar refractivity (Wildman–Crippen MR) is 93.6 cm³/mol. The van der Waals surface area contributed by atoms with Crippen LogP contribution < -0.4 is 61.2 Å². The van der Waals surface area contributed by atoms with Crippen LogP contribution in [0.25, 0.3) is 0 Å². The number of aliphatic hydroxyl groups is 4. The van der Waals surface area contributed by atoms with Crippen molar-refractivity contribution in [3.63, 3.8) is 0 Å². The molecule has 0 aromatic heterocycles. The minimum atomic E-state index is -1.69. The molecule has 0 spiro atoms. The van der Waals surface area contributed by atoms with Crippen molar-refractivity contribution in [1.29, 1.82) is 0 Å². The zero-order valence-electron chi connectivity index (χ0n) is 15.9. The number of ether oxygens (including phenoxy) is 2. The second kappa shape index (κ2) is 9.13. The molecule has 152 valence electrons. The van der Waals surface area contributed by atoms with Crippen molar-refractivity contribution in [1.82, 2.24) is 0 Å². The Morgan fingerprint density at radius 1 is 0.900 bits per heavy atom. The molecule has 1 saturated heterocycles. The molecule has 4 N–H and O–H groups in total. The van der Waals surface area contributed by atoms with Gasteiger partial charge in [0.05, 0.1) is 12.2 Å². The maximum Gasteiger partial charge on any atom is 1.00 e. The number of benzene rings is 2. The van der Waals surface area contributed by atoms with E-state index in [4.69, 9.17) is 9.47 Å². The summed E-state index contributed by atoms with van der Waals surface area (Å²) in [5.41, 5.74) is -0.407. The first kappa shape index (κ1) is 23.5. The monoisotopic (exact) mass is 440 g/mol. The van der Waals surface area contributed by atoms with E-state index in [2.05, 4.69) is 0 Å². The molecule has 4 rings (SSSR count). The summed E-state index contributed by atoms with van der Waals surface area (Å²) >= 11 is 0. The van der Waals surface area contributed by atoms with Crippen LogP contribution in [0.4, 0.5) is 0 Å². The van der Waals surface area contributed by atoms with Crippen LogP contribution in [0.5, 0.6) is 11.5 Å². The average molecular weight is 440 g/mol. The van der Waals surface area contributed by atoms with E-state index in [0.717, 1.165) is 0 Å². The molecule has 2 aromatic carbocycles. The molecule has 0 radical (unpaired) electrons. The fourth-order valence-corrected chi connectivity index (χ4v) is 3.57. The maximum atomic E-state index is 13.0. The molecule has 1 aliphatic carbocycles. The number of carbonyl (C=O) groups excluding carboxylic acids is 2. The molecule has 0 bridgehead atoms. The number of fused-ring (bicyclic) bond motifs is 2. The molecule has 10 heteroatoms. The summed E-state index contributed by atoms with van der Waals surface area (Å²) in [5.74, 6) is -1.97. The fraction of sp³-hybridized carbons (Fsp3) is 0.300. The Balaban J connectivity index is 0.00000256. The summed E-state index contributed by atoms with van der Waals surface area (Å²) in [7, 11) is 0. The van der Waals surface area contributed by atoms with Gasteiger partial charge < -0.3 is 35.0 Å². The van der Waals surface area contributed by atoms with E-state index < -0.39 is 54.6 Å². The van der Waals surface area contributed by atoms with Crippen molar-refractivity contribution in [2.75, 3.05) is 6.61 Å². The van der Waals surface area contributed by atoms with Gasteiger partial charge in [-0.2, -0.15) is 0 Å². The normalized spacial score (nSPS) is 27.7. The van der Waals surface area contributed by atoms with Crippen molar-refractivity contribution in [2.45, 2.75) is 30.7 Å². The third-order valence-electron chi connectivity index (χ3n) is 5.09. The van der Waals surface area contributed by atoms with E-state index in [1.807, 2.05) is 0 Å². The van der Waals surface area contributed by atoms with Crippen LogP contribution in [0.2, 0.25) is 0 Å². The van der Waals surface area contributed by atoms with Gasteiger partial charge in [-0.1, -0.05) is 36.1 Å². The van der Waals surface area contributed by atoms with Crippen LogP contribution in [0.1, 0.15) is 31.8 Å². The molecule has 1 aliphatic heterocycles. The Kier molecular flexibility index (Phi) is 7.14. The van der Waals surface area contributed by atoms with Crippen LogP contribution in [0.3, 0.4) is 0 Å². The van der Waals surface area contributed by atoms with Crippen LogP contribution >= 0.6 is 0 Å². The molecular formula is C20H17KO9. The summed E-state index contributed by atoms with van der Waals surface area (Å²) in [6.07, 6.45) is -7.68. The SMILES string of the molecule is O=C1c2cccc([O-])c2C(=O)c2c(OC3OC(CO)C(O)C(O)C3O)cccc21.[K+]. The van der Waals surface area contributed by atoms with Gasteiger partial charge in [0.15, 0.2) is 11.6 Å². The Bertz CT molecular complexity index is 990. The van der Waals surface area contributed by atoms with Crippen LogP contribution in [0, 0.1) is 0 Å². The van der Waals surface area contributed by atoms with Crippen molar-refractivity contribution in [2.24, 2.45) is 0 Å². The molecule has 0 amide bonds. The predicted octanol–water partition coefficient (Wildman–Crippen LogP) is -4.28. The smallest absolute Gasteiger partial charge is 0.872 e. The Morgan fingerprint density at radius 3 is 2.20 bits per heavy atom. The van der Waals surface area contributed by atoms with Gasteiger partial charge in [-0.05, 0) is 6.07 Å². The summed E-state index contributed by atoms with van der Waals surface area (Å²) in [5, 5.41) is 51.4. The van der Waals surface area contributed by atoms with Crippen LogP contribution in [0.15, 0.2) is 36.4 Å². The molecule has 5 unspecified atom stereocenters. The minimum absolute atomic E-state index is 0. The van der Waals surface area contributed by atoms with Crippen molar-refractivity contribution in [3.8, 4) is 11.5 Å². The van der Waals surface area contributed by atoms with Crippen molar-refractivity contribution >= 4 is 11.6 Å². The third-order valence-corrected chi connectivity index (χ3v) is 5.09. The minimum Gasteiger partial charge on any atom is -0.872 e. The molecule has 30 heavy (non-hydrogen) atoms. The first-order valence-electron chi connectivity index (χ1n) is 8.84. The number of carbonyl (C=O) groups is 2. The van der Waals surface area contributed by atoms with Crippen molar-refractivity contribution in [3.05, 3.63) is 58.7 Å². The number of aliphatic hydroxyl groups excluding tert-OH is 4. The third kappa shape index (κ3) is 3.77. The molecule has 2 aliphatic rings. The fourth-order valence-electron chi connectivity index (χ4n) is 3.57. The molecular weight excluding hydrogens is 423 g/mol. The molecule has 5 atom stereocenters.